The summed E-state index contributed by atoms with van der Waals surface area (Å²) >= 11 is 0. The molecule has 0 N–H and O–H groups in total. The van der Waals surface area contributed by atoms with Crippen molar-refractivity contribution in [2.45, 2.75) is 43.0 Å². The lowest BCUT2D eigenvalue weighted by atomic mass is 9.94. The van der Waals surface area contributed by atoms with Crippen molar-refractivity contribution in [2.75, 3.05) is 46.0 Å². The van der Waals surface area contributed by atoms with Crippen molar-refractivity contribution in [1.82, 2.24) is 13.5 Å². The van der Waals surface area contributed by atoms with Gasteiger partial charge in [-0.05, 0) is 62.5 Å². The zero-order chi connectivity index (χ0) is 24.8. The molecule has 1 heterocycles. The van der Waals surface area contributed by atoms with E-state index >= 15 is 0 Å². The highest BCUT2D eigenvalue weighted by Gasteiger charge is 2.30. The van der Waals surface area contributed by atoms with E-state index in [4.69, 9.17) is 0 Å². The van der Waals surface area contributed by atoms with Gasteiger partial charge in [-0.3, -0.25) is 0 Å². The second-order valence-electron chi connectivity index (χ2n) is 9.03. The van der Waals surface area contributed by atoms with Gasteiger partial charge in [0.15, 0.2) is 0 Å². The first-order chi connectivity index (χ1) is 16.1. The van der Waals surface area contributed by atoms with Crippen molar-refractivity contribution in [3.05, 3.63) is 66.2 Å². The van der Waals surface area contributed by atoms with Crippen LogP contribution in [0, 0.1) is 0 Å². The van der Waals surface area contributed by atoms with Gasteiger partial charge in [-0.2, -0.15) is 4.31 Å². The van der Waals surface area contributed by atoms with E-state index in [9.17, 15) is 16.8 Å². The first-order valence-corrected chi connectivity index (χ1v) is 15.2. The van der Waals surface area contributed by atoms with E-state index in [2.05, 4.69) is 17.0 Å². The Morgan fingerprint density at radius 3 is 2.00 bits per heavy atom. The van der Waals surface area contributed by atoms with Gasteiger partial charge in [0.2, 0.25) is 20.0 Å². The summed E-state index contributed by atoms with van der Waals surface area (Å²) in [7, 11) is -5.11. The summed E-state index contributed by atoms with van der Waals surface area (Å²) in [5, 5.41) is 0. The molecule has 0 amide bonds. The van der Waals surface area contributed by atoms with Crippen LogP contribution in [0.25, 0.3) is 0 Å². The van der Waals surface area contributed by atoms with Crippen molar-refractivity contribution in [3.63, 3.8) is 0 Å². The SMILES string of the molecule is CCN(C1CCN(CCC(CN(C)S(=O)(=O)c2ccccc2)c2ccccc2)CC1)S(C)(=O)=O.Cl. The normalized spacial score (nSPS) is 16.8. The van der Waals surface area contributed by atoms with E-state index < -0.39 is 20.0 Å². The van der Waals surface area contributed by atoms with Gasteiger partial charge >= 0.3 is 0 Å². The molecule has 1 fully saturated rings. The number of hydrogen-bond acceptors (Lipinski definition) is 5. The lowest BCUT2D eigenvalue weighted by Crippen LogP contribution is -2.47. The Morgan fingerprint density at radius 2 is 1.49 bits per heavy atom. The summed E-state index contributed by atoms with van der Waals surface area (Å²) < 4.78 is 53.3. The zero-order valence-corrected chi connectivity index (χ0v) is 23.2. The summed E-state index contributed by atoms with van der Waals surface area (Å²) in [6.07, 6.45) is 3.75. The van der Waals surface area contributed by atoms with E-state index in [1.165, 1.54) is 10.6 Å². The number of likely N-dealkylation sites (tertiary alicyclic amines) is 1. The number of piperidine rings is 1. The van der Waals surface area contributed by atoms with Crippen LogP contribution < -0.4 is 0 Å². The van der Waals surface area contributed by atoms with Gasteiger partial charge in [-0.1, -0.05) is 55.5 Å². The standard InChI is InChI=1S/C25H37N3O4S2.ClH/c1-4-28(33(3,29)30)24-16-19-27(20-17-24)18-15-23(22-11-7-5-8-12-22)21-26(2)34(31,32)25-13-9-6-10-14-25;/h5-14,23-24H,4,15-21H2,1-3H3;1H. The van der Waals surface area contributed by atoms with E-state index in [-0.39, 0.29) is 24.4 Å². The fourth-order valence-corrected chi connectivity index (χ4v) is 7.26. The Kier molecular flexibility index (Phi) is 11.2. The zero-order valence-electron chi connectivity index (χ0n) is 20.8. The smallest absolute Gasteiger partial charge is 0.242 e. The predicted molar refractivity (Wildman–Crippen MR) is 144 cm³/mol. The molecule has 1 saturated heterocycles. The van der Waals surface area contributed by atoms with Crippen LogP contribution in [0.2, 0.25) is 0 Å². The molecular formula is C25H38ClN3O4S2. The molecule has 1 unspecified atom stereocenters. The largest absolute Gasteiger partial charge is 0.303 e. The van der Waals surface area contributed by atoms with Crippen LogP contribution >= 0.6 is 12.4 Å². The molecular weight excluding hydrogens is 506 g/mol. The summed E-state index contributed by atoms with van der Waals surface area (Å²) in [5.41, 5.74) is 1.13. The van der Waals surface area contributed by atoms with E-state index in [1.54, 1.807) is 35.6 Å². The molecule has 0 saturated carbocycles. The minimum Gasteiger partial charge on any atom is -0.303 e. The lowest BCUT2D eigenvalue weighted by molar-refractivity contribution is 0.157. The Morgan fingerprint density at radius 1 is 0.943 bits per heavy atom. The maximum absolute atomic E-state index is 13.1. The number of nitrogens with zero attached hydrogens (tertiary/aromatic N) is 3. The topological polar surface area (TPSA) is 78.0 Å². The van der Waals surface area contributed by atoms with Crippen LogP contribution in [0.3, 0.4) is 0 Å². The maximum Gasteiger partial charge on any atom is 0.242 e. The van der Waals surface area contributed by atoms with Crippen LogP contribution in [0.4, 0.5) is 0 Å². The Balaban J connectivity index is 0.00000432. The molecule has 10 heteroatoms. The fourth-order valence-electron chi connectivity index (χ4n) is 4.80. The summed E-state index contributed by atoms with van der Waals surface area (Å²) in [6.45, 7) is 5.32. The molecule has 2 aromatic carbocycles. The quantitative estimate of drug-likeness (QED) is 0.432. The summed E-state index contributed by atoms with van der Waals surface area (Å²) in [4.78, 5) is 2.67. The van der Waals surface area contributed by atoms with Crippen LogP contribution in [0.1, 0.15) is 37.7 Å². The Labute approximate surface area is 217 Å². The first kappa shape index (κ1) is 29.7. The number of hydrogen-bond donors (Lipinski definition) is 0. The van der Waals surface area contributed by atoms with Crippen LogP contribution in [-0.4, -0.2) is 82.4 Å². The van der Waals surface area contributed by atoms with Gasteiger partial charge < -0.3 is 4.90 Å². The second-order valence-corrected chi connectivity index (χ2v) is 13.0. The molecule has 3 rings (SSSR count). The number of rotatable bonds is 11. The molecule has 0 aliphatic carbocycles. The molecule has 0 spiro atoms. The van der Waals surface area contributed by atoms with Gasteiger partial charge in [-0.15, -0.1) is 12.4 Å². The van der Waals surface area contributed by atoms with Gasteiger partial charge in [-0.25, -0.2) is 21.1 Å². The molecule has 35 heavy (non-hydrogen) atoms. The van der Waals surface area contributed by atoms with Crippen LogP contribution in [0.5, 0.6) is 0 Å². The average Bonchev–Trinajstić information content (AvgIpc) is 2.83. The van der Waals surface area contributed by atoms with Gasteiger partial charge in [0.05, 0.1) is 11.2 Å². The minimum atomic E-state index is -3.56. The molecule has 196 valence electrons. The first-order valence-electron chi connectivity index (χ1n) is 11.9. The molecule has 0 aromatic heterocycles. The Hall–Kier alpha value is -1.49. The van der Waals surface area contributed by atoms with E-state index in [0.29, 0.717) is 18.0 Å². The fraction of sp³-hybridized carbons (Fsp3) is 0.520. The van der Waals surface area contributed by atoms with Crippen molar-refractivity contribution in [3.8, 4) is 0 Å². The summed E-state index contributed by atoms with van der Waals surface area (Å²) in [6, 6.07) is 18.7. The Bertz CT molecular complexity index is 1110. The predicted octanol–water partition coefficient (Wildman–Crippen LogP) is 3.65. The third-order valence-corrected chi connectivity index (χ3v) is 9.94. The molecule has 0 radical (unpaired) electrons. The van der Waals surface area contributed by atoms with E-state index in [0.717, 1.165) is 44.5 Å². The molecule has 1 aliphatic heterocycles. The minimum absolute atomic E-state index is 0. The number of likely N-dealkylation sites (N-methyl/N-ethyl adjacent to an activating group) is 1. The average molecular weight is 544 g/mol. The van der Waals surface area contributed by atoms with Crippen molar-refractivity contribution in [1.29, 1.82) is 0 Å². The molecule has 7 nitrogen and oxygen atoms in total. The maximum atomic E-state index is 13.1. The van der Waals surface area contributed by atoms with Crippen molar-refractivity contribution < 1.29 is 16.8 Å². The highest BCUT2D eigenvalue weighted by atomic mass is 35.5. The highest BCUT2D eigenvalue weighted by Crippen LogP contribution is 2.26. The molecule has 0 bridgehead atoms. The van der Waals surface area contributed by atoms with Gasteiger partial charge in [0, 0.05) is 26.2 Å². The third-order valence-electron chi connectivity index (χ3n) is 6.70. The van der Waals surface area contributed by atoms with Crippen molar-refractivity contribution >= 4 is 32.5 Å². The number of halogens is 1. The number of sulfonamides is 2. The van der Waals surface area contributed by atoms with E-state index in [1.807, 2.05) is 31.2 Å². The highest BCUT2D eigenvalue weighted by molar-refractivity contribution is 7.89. The van der Waals surface area contributed by atoms with Crippen LogP contribution in [0.15, 0.2) is 65.6 Å². The lowest BCUT2D eigenvalue weighted by Gasteiger charge is -2.37. The monoisotopic (exact) mass is 543 g/mol. The number of benzene rings is 2. The second kappa shape index (κ2) is 13.2. The van der Waals surface area contributed by atoms with Gasteiger partial charge in [0.1, 0.15) is 0 Å². The molecule has 2 aromatic rings. The van der Waals surface area contributed by atoms with Gasteiger partial charge in [0.25, 0.3) is 0 Å². The van der Waals surface area contributed by atoms with Crippen molar-refractivity contribution in [2.24, 2.45) is 0 Å². The van der Waals surface area contributed by atoms with Crippen LogP contribution in [-0.2, 0) is 20.0 Å². The molecule has 1 aliphatic rings. The third kappa shape index (κ3) is 8.00. The molecule has 1 atom stereocenters. The summed E-state index contributed by atoms with van der Waals surface area (Å²) in [5.74, 6) is 0.0607.